The molecule has 0 amide bonds. The van der Waals surface area contributed by atoms with Gasteiger partial charge in [0.05, 0.1) is 12.8 Å². The minimum atomic E-state index is 0.124. The van der Waals surface area contributed by atoms with Crippen LogP contribution in [0.5, 0.6) is 11.5 Å². The number of nitrogens with two attached hydrogens (primary N) is 1. The van der Waals surface area contributed by atoms with Crippen LogP contribution in [0.3, 0.4) is 0 Å². The zero-order chi connectivity index (χ0) is 16.2. The molecule has 122 valence electrons. The van der Waals surface area contributed by atoms with Gasteiger partial charge in [0.25, 0.3) is 0 Å². The van der Waals surface area contributed by atoms with Crippen LogP contribution in [0.25, 0.3) is 11.3 Å². The van der Waals surface area contributed by atoms with Gasteiger partial charge in [0.1, 0.15) is 23.4 Å². The molecule has 1 aromatic carbocycles. The Hall–Kier alpha value is -2.27. The first-order chi connectivity index (χ1) is 11.2. The number of anilines is 1. The fourth-order valence-corrected chi connectivity index (χ4v) is 2.97. The first-order valence-electron chi connectivity index (χ1n) is 7.98. The molecule has 23 heavy (non-hydrogen) atoms. The summed E-state index contributed by atoms with van der Waals surface area (Å²) in [6, 6.07) is 11.8. The lowest BCUT2D eigenvalue weighted by atomic mass is 10.1. The zero-order valence-electron chi connectivity index (χ0n) is 13.6. The molecular formula is C18H23N3O2. The molecule has 2 aromatic rings. The molecule has 1 aliphatic rings. The smallest absolute Gasteiger partial charge is 0.131 e. The number of rotatable bonds is 5. The summed E-state index contributed by atoms with van der Waals surface area (Å²) in [5.41, 5.74) is 7.46. The van der Waals surface area contributed by atoms with E-state index in [4.69, 9.17) is 15.2 Å². The molecule has 3 rings (SSSR count). The first-order valence-corrected chi connectivity index (χ1v) is 7.98. The van der Waals surface area contributed by atoms with E-state index in [0.717, 1.165) is 35.7 Å². The van der Waals surface area contributed by atoms with Gasteiger partial charge in [-0.3, -0.25) is 0 Å². The van der Waals surface area contributed by atoms with Crippen LogP contribution in [0.1, 0.15) is 19.8 Å². The number of hydrogen-bond donors (Lipinski definition) is 2. The Labute approximate surface area is 136 Å². The van der Waals surface area contributed by atoms with Gasteiger partial charge >= 0.3 is 0 Å². The van der Waals surface area contributed by atoms with Crippen molar-refractivity contribution in [3.8, 4) is 22.8 Å². The lowest BCUT2D eigenvalue weighted by Crippen LogP contribution is -2.36. The molecule has 0 aliphatic carbocycles. The van der Waals surface area contributed by atoms with Crippen molar-refractivity contribution >= 4 is 5.82 Å². The number of nitrogens with one attached hydrogen (secondary N) is 1. The molecule has 2 atom stereocenters. The molecule has 0 bridgehead atoms. The standard InChI is InChI=1S/C18H23N3O2/c1-12(15-6-4-10-20-15)23-13-8-9-14(17(11-13)22-2)16-5-3-7-18(19)21-16/h3,5,7-9,11-12,15,20H,4,6,10H2,1-2H3,(H2,19,21). The Morgan fingerprint density at radius 1 is 1.30 bits per heavy atom. The molecule has 2 heterocycles. The van der Waals surface area contributed by atoms with Crippen molar-refractivity contribution in [2.24, 2.45) is 0 Å². The molecule has 1 saturated heterocycles. The van der Waals surface area contributed by atoms with Crippen molar-refractivity contribution in [2.75, 3.05) is 19.4 Å². The third-order valence-corrected chi connectivity index (χ3v) is 4.21. The second-order valence-corrected chi connectivity index (χ2v) is 5.84. The average Bonchev–Trinajstić information content (AvgIpc) is 3.09. The zero-order valence-corrected chi connectivity index (χ0v) is 13.6. The Morgan fingerprint density at radius 3 is 2.87 bits per heavy atom. The van der Waals surface area contributed by atoms with E-state index in [1.807, 2.05) is 30.3 Å². The summed E-state index contributed by atoms with van der Waals surface area (Å²) < 4.78 is 11.6. The lowest BCUT2D eigenvalue weighted by Gasteiger charge is -2.21. The SMILES string of the molecule is COc1cc(OC(C)C2CCCN2)ccc1-c1cccc(N)n1. The molecule has 1 fully saturated rings. The molecular weight excluding hydrogens is 290 g/mol. The number of pyridine rings is 1. The van der Waals surface area contributed by atoms with Gasteiger partial charge in [0, 0.05) is 17.7 Å². The minimum absolute atomic E-state index is 0.124. The predicted octanol–water partition coefficient (Wildman–Crippen LogP) is 2.86. The molecule has 0 spiro atoms. The molecule has 0 radical (unpaired) electrons. The van der Waals surface area contributed by atoms with Gasteiger partial charge in [-0.2, -0.15) is 0 Å². The van der Waals surface area contributed by atoms with Crippen LogP contribution >= 0.6 is 0 Å². The number of ether oxygens (including phenoxy) is 2. The highest BCUT2D eigenvalue weighted by Gasteiger charge is 2.22. The van der Waals surface area contributed by atoms with Crippen LogP contribution in [0.2, 0.25) is 0 Å². The number of methoxy groups -OCH3 is 1. The van der Waals surface area contributed by atoms with Crippen LogP contribution in [0.4, 0.5) is 5.82 Å². The third-order valence-electron chi connectivity index (χ3n) is 4.21. The van der Waals surface area contributed by atoms with E-state index in [9.17, 15) is 0 Å². The highest BCUT2D eigenvalue weighted by molar-refractivity contribution is 5.69. The van der Waals surface area contributed by atoms with Gasteiger partial charge in [0.2, 0.25) is 0 Å². The molecule has 3 N–H and O–H groups in total. The maximum Gasteiger partial charge on any atom is 0.131 e. The maximum absolute atomic E-state index is 6.07. The summed E-state index contributed by atoms with van der Waals surface area (Å²) in [4.78, 5) is 4.35. The molecule has 5 nitrogen and oxygen atoms in total. The quantitative estimate of drug-likeness (QED) is 0.888. The van der Waals surface area contributed by atoms with Crippen LogP contribution in [0, 0.1) is 0 Å². The molecule has 1 aliphatic heterocycles. The van der Waals surface area contributed by atoms with Crippen molar-refractivity contribution in [1.82, 2.24) is 10.3 Å². The van der Waals surface area contributed by atoms with Crippen molar-refractivity contribution in [1.29, 1.82) is 0 Å². The number of aromatic nitrogens is 1. The number of nitrogens with zero attached hydrogens (tertiary/aromatic N) is 1. The summed E-state index contributed by atoms with van der Waals surface area (Å²) in [5, 5.41) is 3.47. The van der Waals surface area contributed by atoms with Crippen molar-refractivity contribution in [3.05, 3.63) is 36.4 Å². The van der Waals surface area contributed by atoms with Gasteiger partial charge in [0.15, 0.2) is 0 Å². The summed E-state index contributed by atoms with van der Waals surface area (Å²) in [6.45, 7) is 3.17. The van der Waals surface area contributed by atoms with Gasteiger partial charge in [-0.1, -0.05) is 6.07 Å². The van der Waals surface area contributed by atoms with E-state index in [0.29, 0.717) is 11.9 Å². The fraction of sp³-hybridized carbons (Fsp3) is 0.389. The summed E-state index contributed by atoms with van der Waals surface area (Å²) in [6.07, 6.45) is 2.49. The topological polar surface area (TPSA) is 69.4 Å². The monoisotopic (exact) mass is 313 g/mol. The van der Waals surface area contributed by atoms with Crippen molar-refractivity contribution in [3.63, 3.8) is 0 Å². The molecule has 0 saturated carbocycles. The second-order valence-electron chi connectivity index (χ2n) is 5.84. The van der Waals surface area contributed by atoms with E-state index < -0.39 is 0 Å². The lowest BCUT2D eigenvalue weighted by molar-refractivity contribution is 0.179. The molecule has 5 heteroatoms. The average molecular weight is 313 g/mol. The van der Waals surface area contributed by atoms with Gasteiger partial charge in [-0.05, 0) is 50.6 Å². The van der Waals surface area contributed by atoms with Gasteiger partial charge in [-0.25, -0.2) is 4.98 Å². The second kappa shape index (κ2) is 6.87. The van der Waals surface area contributed by atoms with Crippen molar-refractivity contribution in [2.45, 2.75) is 31.9 Å². The Morgan fingerprint density at radius 2 is 2.17 bits per heavy atom. The summed E-state index contributed by atoms with van der Waals surface area (Å²) in [5.74, 6) is 2.02. The molecule has 2 unspecified atom stereocenters. The highest BCUT2D eigenvalue weighted by atomic mass is 16.5. The van der Waals surface area contributed by atoms with E-state index >= 15 is 0 Å². The normalized spacial score (nSPS) is 18.6. The van der Waals surface area contributed by atoms with Gasteiger partial charge < -0.3 is 20.5 Å². The van der Waals surface area contributed by atoms with E-state index in [2.05, 4.69) is 17.2 Å². The van der Waals surface area contributed by atoms with Crippen LogP contribution in [0.15, 0.2) is 36.4 Å². The maximum atomic E-state index is 6.07. The van der Waals surface area contributed by atoms with Crippen LogP contribution in [-0.4, -0.2) is 30.8 Å². The Balaban J connectivity index is 1.81. The Kier molecular flexibility index (Phi) is 4.67. The first kappa shape index (κ1) is 15.6. The highest BCUT2D eigenvalue weighted by Crippen LogP contribution is 2.33. The van der Waals surface area contributed by atoms with E-state index in [-0.39, 0.29) is 6.10 Å². The third kappa shape index (κ3) is 3.56. The number of benzene rings is 1. The van der Waals surface area contributed by atoms with E-state index in [1.165, 1.54) is 6.42 Å². The minimum Gasteiger partial charge on any atom is -0.496 e. The number of nitrogen functional groups attached to an aromatic ring is 1. The fourth-order valence-electron chi connectivity index (χ4n) is 2.97. The number of hydrogen-bond acceptors (Lipinski definition) is 5. The van der Waals surface area contributed by atoms with Gasteiger partial charge in [-0.15, -0.1) is 0 Å². The van der Waals surface area contributed by atoms with Crippen molar-refractivity contribution < 1.29 is 9.47 Å². The summed E-state index contributed by atoms with van der Waals surface area (Å²) >= 11 is 0. The molecule has 1 aromatic heterocycles. The van der Waals surface area contributed by atoms with E-state index in [1.54, 1.807) is 13.2 Å². The van der Waals surface area contributed by atoms with Crippen LogP contribution < -0.4 is 20.5 Å². The van der Waals surface area contributed by atoms with Crippen LogP contribution in [-0.2, 0) is 0 Å². The summed E-state index contributed by atoms with van der Waals surface area (Å²) in [7, 11) is 1.65. The Bertz CT molecular complexity index is 669. The largest absolute Gasteiger partial charge is 0.496 e. The predicted molar refractivity (Wildman–Crippen MR) is 91.8 cm³/mol.